The molecule has 0 aliphatic carbocycles. The lowest BCUT2D eigenvalue weighted by Crippen LogP contribution is -2.30. The largest absolute Gasteiger partial charge is 0.493 e. The molecule has 1 aromatic carbocycles. The van der Waals surface area contributed by atoms with E-state index in [2.05, 4.69) is 4.98 Å². The summed E-state index contributed by atoms with van der Waals surface area (Å²) in [6.07, 6.45) is 1.40. The number of fused-ring (bicyclic) bond motifs is 1. The second-order valence-electron chi connectivity index (χ2n) is 7.06. The average molecular weight is 416 g/mol. The zero-order valence-corrected chi connectivity index (χ0v) is 17.9. The number of ether oxygens (including phenoxy) is 3. The van der Waals surface area contributed by atoms with Crippen molar-refractivity contribution in [2.24, 2.45) is 5.92 Å². The first-order valence-corrected chi connectivity index (χ1v) is 10.1. The second-order valence-corrected chi connectivity index (χ2v) is 7.91. The highest BCUT2D eigenvalue weighted by Gasteiger charge is 2.22. The van der Waals surface area contributed by atoms with E-state index < -0.39 is 12.0 Å². The minimum atomic E-state index is -0.767. The summed E-state index contributed by atoms with van der Waals surface area (Å²) in [5.41, 5.74) is 1.26. The van der Waals surface area contributed by atoms with Gasteiger partial charge in [0.05, 0.1) is 32.5 Å². The van der Waals surface area contributed by atoms with E-state index >= 15 is 0 Å². The summed E-state index contributed by atoms with van der Waals surface area (Å²) in [4.78, 5) is 30.5. The van der Waals surface area contributed by atoms with E-state index in [9.17, 15) is 9.59 Å². The average Bonchev–Trinajstić information content (AvgIpc) is 3.16. The fourth-order valence-corrected chi connectivity index (χ4v) is 3.83. The normalized spacial score (nSPS) is 12.2. The van der Waals surface area contributed by atoms with Crippen molar-refractivity contribution in [3.63, 3.8) is 0 Å². The first kappa shape index (κ1) is 20.9. The third-order valence-corrected chi connectivity index (χ3v) is 5.42. The van der Waals surface area contributed by atoms with E-state index in [0.29, 0.717) is 28.3 Å². The first-order chi connectivity index (χ1) is 13.9. The number of thiophene rings is 1. The molecule has 0 fully saturated rings. The number of carbonyl (C=O) groups excluding carboxylic acids is 1. The molecule has 2 aromatic heterocycles. The van der Waals surface area contributed by atoms with Gasteiger partial charge in [0.2, 0.25) is 0 Å². The van der Waals surface area contributed by atoms with Crippen LogP contribution in [-0.4, -0.2) is 36.3 Å². The molecule has 2 heterocycles. The predicted molar refractivity (Wildman–Crippen MR) is 113 cm³/mol. The van der Waals surface area contributed by atoms with Crippen LogP contribution in [0.25, 0.3) is 21.3 Å². The van der Waals surface area contributed by atoms with Crippen LogP contribution < -0.4 is 15.0 Å². The summed E-state index contributed by atoms with van der Waals surface area (Å²) >= 11 is 1.38. The number of hydrogen-bond acceptors (Lipinski definition) is 7. The van der Waals surface area contributed by atoms with Crippen LogP contribution in [0.15, 0.2) is 34.7 Å². The summed E-state index contributed by atoms with van der Waals surface area (Å²) in [7, 11) is 3.13. The molecule has 0 N–H and O–H groups in total. The van der Waals surface area contributed by atoms with Gasteiger partial charge in [0.15, 0.2) is 11.5 Å². The van der Waals surface area contributed by atoms with E-state index in [1.807, 2.05) is 31.4 Å². The Kier molecular flexibility index (Phi) is 6.22. The van der Waals surface area contributed by atoms with Crippen LogP contribution in [-0.2, 0) is 9.53 Å². The van der Waals surface area contributed by atoms with Crippen molar-refractivity contribution in [2.45, 2.75) is 26.8 Å². The molecule has 0 amide bonds. The zero-order valence-electron chi connectivity index (χ0n) is 17.1. The number of nitrogens with zero attached hydrogens (tertiary/aromatic N) is 2. The van der Waals surface area contributed by atoms with E-state index in [4.69, 9.17) is 14.2 Å². The Labute approximate surface area is 172 Å². The van der Waals surface area contributed by atoms with Gasteiger partial charge in [-0.25, -0.2) is 9.78 Å². The lowest BCUT2D eigenvalue weighted by atomic mass is 10.1. The molecule has 3 rings (SSSR count). The Bertz CT molecular complexity index is 1090. The summed E-state index contributed by atoms with van der Waals surface area (Å²) in [5, 5.41) is 2.35. The van der Waals surface area contributed by atoms with Gasteiger partial charge in [0.1, 0.15) is 10.9 Å². The summed E-state index contributed by atoms with van der Waals surface area (Å²) in [5.74, 6) is 0.939. The van der Waals surface area contributed by atoms with Gasteiger partial charge in [0.25, 0.3) is 5.56 Å². The Morgan fingerprint density at radius 1 is 1.17 bits per heavy atom. The van der Waals surface area contributed by atoms with Crippen LogP contribution in [0.3, 0.4) is 0 Å². The van der Waals surface area contributed by atoms with Crippen LogP contribution >= 0.6 is 11.3 Å². The number of hydrogen-bond donors (Lipinski definition) is 0. The SMILES string of the molecule is COc1ccc(-c2csc3ncn([C@H](C)C(=O)OCC(C)C)c(=O)c23)cc1OC. The maximum absolute atomic E-state index is 13.2. The van der Waals surface area contributed by atoms with E-state index in [1.165, 1.54) is 22.2 Å². The fraction of sp³-hybridized carbons (Fsp3) is 0.381. The van der Waals surface area contributed by atoms with Gasteiger partial charge >= 0.3 is 5.97 Å². The third kappa shape index (κ3) is 4.12. The molecule has 0 aliphatic rings. The van der Waals surface area contributed by atoms with Crippen molar-refractivity contribution in [2.75, 3.05) is 20.8 Å². The molecule has 1 atom stereocenters. The summed E-state index contributed by atoms with van der Waals surface area (Å²) < 4.78 is 17.3. The number of aromatic nitrogens is 2. The Balaban J connectivity index is 2.05. The maximum atomic E-state index is 13.2. The molecule has 0 bridgehead atoms. The minimum absolute atomic E-state index is 0.219. The van der Waals surface area contributed by atoms with E-state index in [1.54, 1.807) is 27.2 Å². The zero-order chi connectivity index (χ0) is 21.1. The van der Waals surface area contributed by atoms with Gasteiger partial charge in [-0.2, -0.15) is 0 Å². The number of rotatable bonds is 7. The quantitative estimate of drug-likeness (QED) is 0.544. The lowest BCUT2D eigenvalue weighted by molar-refractivity contribution is -0.148. The van der Waals surface area contributed by atoms with Gasteiger partial charge < -0.3 is 14.2 Å². The van der Waals surface area contributed by atoms with Crippen LogP contribution in [0, 0.1) is 5.92 Å². The molecule has 0 spiro atoms. The van der Waals surface area contributed by atoms with Gasteiger partial charge in [-0.1, -0.05) is 19.9 Å². The van der Waals surface area contributed by atoms with Gasteiger partial charge in [-0.05, 0) is 30.5 Å². The molecule has 7 nitrogen and oxygen atoms in total. The molecule has 0 radical (unpaired) electrons. The van der Waals surface area contributed by atoms with E-state index in [-0.39, 0.29) is 11.5 Å². The van der Waals surface area contributed by atoms with Crippen molar-refractivity contribution in [1.82, 2.24) is 9.55 Å². The molecular weight excluding hydrogens is 392 g/mol. The topological polar surface area (TPSA) is 79.7 Å². The molecular formula is C21H24N2O5S. The van der Waals surface area contributed by atoms with E-state index in [0.717, 1.165) is 11.1 Å². The number of carbonyl (C=O) groups is 1. The molecule has 29 heavy (non-hydrogen) atoms. The summed E-state index contributed by atoms with van der Waals surface area (Å²) in [6.45, 7) is 5.86. The molecule has 0 saturated carbocycles. The van der Waals surface area contributed by atoms with Crippen molar-refractivity contribution in [1.29, 1.82) is 0 Å². The third-order valence-electron chi connectivity index (χ3n) is 4.53. The molecule has 8 heteroatoms. The van der Waals surface area contributed by atoms with Gasteiger partial charge in [-0.3, -0.25) is 9.36 Å². The highest BCUT2D eigenvalue weighted by Crippen LogP contribution is 2.36. The van der Waals surface area contributed by atoms with Crippen molar-refractivity contribution >= 4 is 27.5 Å². The standard InChI is InChI=1S/C21H24N2O5S/c1-12(2)9-28-21(25)13(3)23-11-22-19-18(20(23)24)15(10-29-19)14-6-7-16(26-4)17(8-14)27-5/h6-8,10-13H,9H2,1-5H3/t13-/m1/s1. The van der Waals surface area contributed by atoms with Crippen LogP contribution in [0.4, 0.5) is 0 Å². The Morgan fingerprint density at radius 2 is 1.90 bits per heavy atom. The van der Waals surface area contributed by atoms with Crippen LogP contribution in [0.5, 0.6) is 11.5 Å². The highest BCUT2D eigenvalue weighted by atomic mass is 32.1. The van der Waals surface area contributed by atoms with Gasteiger partial charge in [0, 0.05) is 10.9 Å². The smallest absolute Gasteiger partial charge is 0.329 e. The lowest BCUT2D eigenvalue weighted by Gasteiger charge is -2.15. The minimum Gasteiger partial charge on any atom is -0.493 e. The monoisotopic (exact) mass is 416 g/mol. The van der Waals surface area contributed by atoms with Crippen LogP contribution in [0.1, 0.15) is 26.8 Å². The first-order valence-electron chi connectivity index (χ1n) is 9.24. The highest BCUT2D eigenvalue weighted by molar-refractivity contribution is 7.17. The molecule has 3 aromatic rings. The Hall–Kier alpha value is -2.87. The number of benzene rings is 1. The molecule has 154 valence electrons. The molecule has 0 unspecified atom stereocenters. The number of methoxy groups -OCH3 is 2. The Morgan fingerprint density at radius 3 is 2.55 bits per heavy atom. The maximum Gasteiger partial charge on any atom is 0.329 e. The van der Waals surface area contributed by atoms with Crippen molar-refractivity contribution in [3.8, 4) is 22.6 Å². The van der Waals surface area contributed by atoms with Crippen LogP contribution in [0.2, 0.25) is 0 Å². The number of esters is 1. The van der Waals surface area contributed by atoms with Gasteiger partial charge in [-0.15, -0.1) is 11.3 Å². The predicted octanol–water partition coefficient (Wildman–Crippen LogP) is 3.90. The van der Waals surface area contributed by atoms with Crippen molar-refractivity contribution < 1.29 is 19.0 Å². The summed E-state index contributed by atoms with van der Waals surface area (Å²) in [6, 6.07) is 4.70. The molecule has 0 saturated heterocycles. The molecule has 0 aliphatic heterocycles. The van der Waals surface area contributed by atoms with Crippen molar-refractivity contribution in [3.05, 3.63) is 40.3 Å². The second kappa shape index (κ2) is 8.65. The fourth-order valence-electron chi connectivity index (χ4n) is 2.92.